The van der Waals surface area contributed by atoms with Crippen molar-refractivity contribution >= 4 is 11.6 Å². The van der Waals surface area contributed by atoms with E-state index in [1.807, 2.05) is 48.2 Å². The Balaban J connectivity index is 1.88. The van der Waals surface area contributed by atoms with Crippen LogP contribution in [0.1, 0.15) is 40.4 Å². The molecule has 0 spiro atoms. The van der Waals surface area contributed by atoms with Crippen molar-refractivity contribution in [3.8, 4) is 0 Å². The minimum Gasteiger partial charge on any atom is -0.399 e. The van der Waals surface area contributed by atoms with Gasteiger partial charge in [-0.25, -0.2) is 0 Å². The fourth-order valence-electron chi connectivity index (χ4n) is 3.01. The molecule has 2 aromatic carbocycles. The Morgan fingerprint density at radius 2 is 1.95 bits per heavy atom. The van der Waals surface area contributed by atoms with Crippen molar-refractivity contribution in [2.45, 2.75) is 25.8 Å². The van der Waals surface area contributed by atoms with Crippen LogP contribution in [-0.2, 0) is 0 Å². The number of rotatable bonds is 2. The predicted octanol–water partition coefficient (Wildman–Crippen LogP) is 3.55. The lowest BCUT2D eigenvalue weighted by atomic mass is 10.0. The number of aryl methyl sites for hydroxylation is 1. The number of hydrogen-bond acceptors (Lipinski definition) is 2. The molecule has 0 saturated carbocycles. The number of nitrogen functional groups attached to an aromatic ring is 1. The van der Waals surface area contributed by atoms with Crippen molar-refractivity contribution in [2.75, 3.05) is 12.3 Å². The summed E-state index contributed by atoms with van der Waals surface area (Å²) in [6.07, 6.45) is 2.09. The SMILES string of the molecule is Cc1cc(C(=O)N2CCCC2c2ccccc2)ccc1N. The molecule has 1 heterocycles. The average molecular weight is 280 g/mol. The zero-order valence-corrected chi connectivity index (χ0v) is 12.3. The first-order chi connectivity index (χ1) is 10.2. The third-order valence-corrected chi connectivity index (χ3v) is 4.21. The highest BCUT2D eigenvalue weighted by atomic mass is 16.2. The second-order valence-corrected chi connectivity index (χ2v) is 5.64. The van der Waals surface area contributed by atoms with Gasteiger partial charge in [-0.2, -0.15) is 0 Å². The van der Waals surface area contributed by atoms with Crippen LogP contribution in [0.5, 0.6) is 0 Å². The van der Waals surface area contributed by atoms with Gasteiger partial charge in [-0.15, -0.1) is 0 Å². The van der Waals surface area contributed by atoms with Gasteiger partial charge >= 0.3 is 0 Å². The first-order valence-corrected chi connectivity index (χ1v) is 7.39. The Bertz CT molecular complexity index is 652. The van der Waals surface area contributed by atoms with Crippen molar-refractivity contribution in [1.82, 2.24) is 4.90 Å². The van der Waals surface area contributed by atoms with Crippen molar-refractivity contribution in [3.63, 3.8) is 0 Å². The van der Waals surface area contributed by atoms with Crippen LogP contribution < -0.4 is 5.73 Å². The monoisotopic (exact) mass is 280 g/mol. The van der Waals surface area contributed by atoms with Gasteiger partial charge in [-0.05, 0) is 49.1 Å². The summed E-state index contributed by atoms with van der Waals surface area (Å²) in [5.41, 5.74) is 9.46. The zero-order valence-electron chi connectivity index (χ0n) is 12.3. The van der Waals surface area contributed by atoms with E-state index in [0.717, 1.165) is 36.2 Å². The molecule has 1 atom stereocenters. The van der Waals surface area contributed by atoms with E-state index < -0.39 is 0 Å². The molecule has 0 aromatic heterocycles. The van der Waals surface area contributed by atoms with E-state index in [-0.39, 0.29) is 11.9 Å². The standard InChI is InChI=1S/C18H20N2O/c1-13-12-15(9-10-16(13)19)18(21)20-11-5-8-17(20)14-6-3-2-4-7-14/h2-4,6-7,9-10,12,17H,5,8,11,19H2,1H3. The van der Waals surface area contributed by atoms with Crippen molar-refractivity contribution in [2.24, 2.45) is 0 Å². The highest BCUT2D eigenvalue weighted by Crippen LogP contribution is 2.33. The van der Waals surface area contributed by atoms with E-state index in [1.54, 1.807) is 0 Å². The van der Waals surface area contributed by atoms with Gasteiger partial charge in [0, 0.05) is 17.8 Å². The van der Waals surface area contributed by atoms with Crippen LogP contribution in [-0.4, -0.2) is 17.4 Å². The normalized spacial score (nSPS) is 18.0. The van der Waals surface area contributed by atoms with Crippen molar-refractivity contribution < 1.29 is 4.79 Å². The molecular weight excluding hydrogens is 260 g/mol. The molecule has 1 aliphatic rings. The summed E-state index contributed by atoms with van der Waals surface area (Å²) in [6.45, 7) is 2.76. The summed E-state index contributed by atoms with van der Waals surface area (Å²) in [7, 11) is 0. The molecule has 0 radical (unpaired) electrons. The maximum Gasteiger partial charge on any atom is 0.254 e. The number of benzene rings is 2. The van der Waals surface area contributed by atoms with Crippen LogP contribution in [0.25, 0.3) is 0 Å². The van der Waals surface area contributed by atoms with Crippen molar-refractivity contribution in [1.29, 1.82) is 0 Å². The Morgan fingerprint density at radius 1 is 1.19 bits per heavy atom. The summed E-state index contributed by atoms with van der Waals surface area (Å²) >= 11 is 0. The van der Waals surface area contributed by atoms with Crippen LogP contribution in [0.15, 0.2) is 48.5 Å². The Hall–Kier alpha value is -2.29. The van der Waals surface area contributed by atoms with Crippen LogP contribution in [0, 0.1) is 6.92 Å². The van der Waals surface area contributed by atoms with E-state index in [0.29, 0.717) is 0 Å². The molecule has 3 rings (SSSR count). The number of hydrogen-bond donors (Lipinski definition) is 1. The summed E-state index contributed by atoms with van der Waals surface area (Å²) in [5, 5.41) is 0. The first kappa shape index (κ1) is 13.7. The average Bonchev–Trinajstić information content (AvgIpc) is 2.99. The summed E-state index contributed by atoms with van der Waals surface area (Å²) in [4.78, 5) is 14.8. The van der Waals surface area contributed by atoms with Crippen LogP contribution in [0.3, 0.4) is 0 Å². The van der Waals surface area contributed by atoms with Crippen LogP contribution >= 0.6 is 0 Å². The number of carbonyl (C=O) groups is 1. The fourth-order valence-corrected chi connectivity index (χ4v) is 3.01. The van der Waals surface area contributed by atoms with Gasteiger partial charge in [-0.3, -0.25) is 4.79 Å². The van der Waals surface area contributed by atoms with E-state index >= 15 is 0 Å². The molecular formula is C18H20N2O. The molecule has 3 nitrogen and oxygen atoms in total. The van der Waals surface area contributed by atoms with E-state index in [1.165, 1.54) is 5.56 Å². The molecule has 3 heteroatoms. The van der Waals surface area contributed by atoms with Crippen LogP contribution in [0.2, 0.25) is 0 Å². The number of nitrogens with two attached hydrogens (primary N) is 1. The Morgan fingerprint density at radius 3 is 2.67 bits per heavy atom. The zero-order chi connectivity index (χ0) is 14.8. The number of anilines is 1. The number of nitrogens with zero attached hydrogens (tertiary/aromatic N) is 1. The van der Waals surface area contributed by atoms with Gasteiger partial charge in [-0.1, -0.05) is 30.3 Å². The highest BCUT2D eigenvalue weighted by molar-refractivity contribution is 5.95. The van der Waals surface area contributed by atoms with Crippen molar-refractivity contribution in [3.05, 3.63) is 65.2 Å². The molecule has 0 aliphatic carbocycles. The molecule has 1 aliphatic heterocycles. The third kappa shape index (κ3) is 2.64. The van der Waals surface area contributed by atoms with Gasteiger partial charge < -0.3 is 10.6 Å². The van der Waals surface area contributed by atoms with E-state index in [2.05, 4.69) is 12.1 Å². The molecule has 1 unspecified atom stereocenters. The largest absolute Gasteiger partial charge is 0.399 e. The van der Waals surface area contributed by atoms with Gasteiger partial charge in [0.1, 0.15) is 0 Å². The molecule has 108 valence electrons. The lowest BCUT2D eigenvalue weighted by Crippen LogP contribution is -2.30. The molecule has 1 fully saturated rings. The van der Waals surface area contributed by atoms with Gasteiger partial charge in [0.05, 0.1) is 6.04 Å². The Labute approximate surface area is 125 Å². The van der Waals surface area contributed by atoms with E-state index in [9.17, 15) is 4.79 Å². The molecule has 1 saturated heterocycles. The molecule has 0 bridgehead atoms. The number of carbonyl (C=O) groups excluding carboxylic acids is 1. The van der Waals surface area contributed by atoms with Gasteiger partial charge in [0.15, 0.2) is 0 Å². The quantitative estimate of drug-likeness (QED) is 0.855. The second kappa shape index (κ2) is 5.60. The maximum absolute atomic E-state index is 12.8. The fraction of sp³-hybridized carbons (Fsp3) is 0.278. The van der Waals surface area contributed by atoms with Gasteiger partial charge in [0.25, 0.3) is 5.91 Å². The Kier molecular flexibility index (Phi) is 3.65. The summed E-state index contributed by atoms with van der Waals surface area (Å²) in [5.74, 6) is 0.101. The minimum atomic E-state index is 0.101. The van der Waals surface area contributed by atoms with Gasteiger partial charge in [0.2, 0.25) is 0 Å². The highest BCUT2D eigenvalue weighted by Gasteiger charge is 2.30. The maximum atomic E-state index is 12.8. The lowest BCUT2D eigenvalue weighted by molar-refractivity contribution is 0.0735. The topological polar surface area (TPSA) is 46.3 Å². The lowest BCUT2D eigenvalue weighted by Gasteiger charge is -2.25. The summed E-state index contributed by atoms with van der Waals surface area (Å²) < 4.78 is 0. The molecule has 1 amide bonds. The third-order valence-electron chi connectivity index (χ3n) is 4.21. The number of likely N-dealkylation sites (tertiary alicyclic amines) is 1. The molecule has 21 heavy (non-hydrogen) atoms. The van der Waals surface area contributed by atoms with E-state index in [4.69, 9.17) is 5.73 Å². The minimum absolute atomic E-state index is 0.101. The second-order valence-electron chi connectivity index (χ2n) is 5.64. The van der Waals surface area contributed by atoms with Crippen LogP contribution in [0.4, 0.5) is 5.69 Å². The predicted molar refractivity (Wildman–Crippen MR) is 85.0 cm³/mol. The molecule has 2 N–H and O–H groups in total. The molecule has 2 aromatic rings. The first-order valence-electron chi connectivity index (χ1n) is 7.39. The summed E-state index contributed by atoms with van der Waals surface area (Å²) in [6, 6.07) is 16.0. The smallest absolute Gasteiger partial charge is 0.254 e. The number of amides is 1.